The van der Waals surface area contributed by atoms with Gasteiger partial charge in [-0.2, -0.15) is 4.31 Å². The van der Waals surface area contributed by atoms with E-state index < -0.39 is 10.0 Å². The number of benzene rings is 1. The molecular weight excluding hydrogens is 370 g/mol. The van der Waals surface area contributed by atoms with Gasteiger partial charge in [0.1, 0.15) is 0 Å². The third-order valence-electron chi connectivity index (χ3n) is 3.49. The minimum atomic E-state index is -3.51. The summed E-state index contributed by atoms with van der Waals surface area (Å²) in [6.07, 6.45) is 0.878. The first-order chi connectivity index (χ1) is 10.4. The molecule has 1 aromatic rings. The molecule has 1 heterocycles. The fourth-order valence-corrected chi connectivity index (χ4v) is 4.27. The average Bonchev–Trinajstić information content (AvgIpc) is 2.52. The number of halogens is 1. The molecule has 122 valence electrons. The minimum Gasteiger partial charge on any atom is -0.338 e. The van der Waals surface area contributed by atoms with Crippen molar-refractivity contribution in [2.24, 2.45) is 0 Å². The van der Waals surface area contributed by atoms with Crippen molar-refractivity contribution in [1.29, 1.82) is 0 Å². The fourth-order valence-electron chi connectivity index (χ4n) is 2.25. The Balaban J connectivity index is 2.00. The molecule has 1 aliphatic rings. The van der Waals surface area contributed by atoms with Crippen molar-refractivity contribution >= 4 is 32.0 Å². The summed E-state index contributed by atoms with van der Waals surface area (Å²) in [7, 11) is -3.51. The number of hydrogen-bond acceptors (Lipinski definition) is 3. The van der Waals surface area contributed by atoms with Crippen LogP contribution in [0.5, 0.6) is 0 Å². The molecule has 0 radical (unpaired) electrons. The summed E-state index contributed by atoms with van der Waals surface area (Å²) in [4.78, 5) is 13.8. The maximum Gasteiger partial charge on any atom is 0.317 e. The van der Waals surface area contributed by atoms with Crippen molar-refractivity contribution in [3.8, 4) is 0 Å². The number of piperazine rings is 1. The minimum absolute atomic E-state index is 0.124. The molecule has 1 saturated heterocycles. The molecule has 0 aliphatic carbocycles. The smallest absolute Gasteiger partial charge is 0.317 e. The van der Waals surface area contributed by atoms with Gasteiger partial charge in [-0.3, -0.25) is 0 Å². The van der Waals surface area contributed by atoms with Gasteiger partial charge in [-0.25, -0.2) is 13.2 Å². The van der Waals surface area contributed by atoms with Crippen LogP contribution in [-0.2, 0) is 10.0 Å². The molecule has 1 aliphatic heterocycles. The molecule has 1 fully saturated rings. The number of nitrogens with one attached hydrogen (secondary N) is 1. The van der Waals surface area contributed by atoms with Gasteiger partial charge in [-0.15, -0.1) is 0 Å². The molecule has 0 bridgehead atoms. The van der Waals surface area contributed by atoms with E-state index in [0.29, 0.717) is 32.7 Å². The second kappa shape index (κ2) is 7.43. The number of carbonyl (C=O) groups excluding carboxylic acids is 1. The van der Waals surface area contributed by atoms with Gasteiger partial charge in [0.2, 0.25) is 10.0 Å². The van der Waals surface area contributed by atoms with Gasteiger partial charge in [-0.05, 0) is 24.6 Å². The van der Waals surface area contributed by atoms with Crippen LogP contribution in [0, 0.1) is 0 Å². The second-order valence-electron chi connectivity index (χ2n) is 5.08. The zero-order valence-electron chi connectivity index (χ0n) is 12.5. The Bertz CT molecular complexity index is 628. The fraction of sp³-hybridized carbons (Fsp3) is 0.500. The summed E-state index contributed by atoms with van der Waals surface area (Å²) < 4.78 is 27.3. The monoisotopic (exact) mass is 389 g/mol. The van der Waals surface area contributed by atoms with Gasteiger partial charge in [0, 0.05) is 37.2 Å². The third-order valence-corrected chi connectivity index (χ3v) is 5.87. The molecule has 6 nitrogen and oxygen atoms in total. The Morgan fingerprint density at radius 1 is 1.27 bits per heavy atom. The topological polar surface area (TPSA) is 69.7 Å². The van der Waals surface area contributed by atoms with Crippen LogP contribution in [0.15, 0.2) is 33.6 Å². The Kier molecular flexibility index (Phi) is 5.82. The normalized spacial score (nSPS) is 16.5. The molecule has 22 heavy (non-hydrogen) atoms. The molecule has 1 N–H and O–H groups in total. The van der Waals surface area contributed by atoms with Crippen molar-refractivity contribution in [2.45, 2.75) is 18.2 Å². The lowest BCUT2D eigenvalue weighted by molar-refractivity contribution is 0.172. The van der Waals surface area contributed by atoms with Crippen molar-refractivity contribution in [1.82, 2.24) is 14.5 Å². The van der Waals surface area contributed by atoms with Crippen molar-refractivity contribution in [2.75, 3.05) is 32.7 Å². The Morgan fingerprint density at radius 3 is 2.55 bits per heavy atom. The largest absolute Gasteiger partial charge is 0.338 e. The molecule has 1 aromatic carbocycles. The van der Waals surface area contributed by atoms with Crippen molar-refractivity contribution in [3.05, 3.63) is 28.7 Å². The van der Waals surface area contributed by atoms with Gasteiger partial charge in [0.15, 0.2) is 0 Å². The maximum atomic E-state index is 12.6. The summed E-state index contributed by atoms with van der Waals surface area (Å²) >= 11 is 3.29. The highest BCUT2D eigenvalue weighted by atomic mass is 79.9. The van der Waals surface area contributed by atoms with Gasteiger partial charge < -0.3 is 10.2 Å². The molecule has 2 rings (SSSR count). The number of sulfonamides is 1. The number of nitrogens with zero attached hydrogens (tertiary/aromatic N) is 2. The Labute approximate surface area is 139 Å². The van der Waals surface area contributed by atoms with E-state index in [1.807, 2.05) is 6.92 Å². The van der Waals surface area contributed by atoms with E-state index >= 15 is 0 Å². The van der Waals surface area contributed by atoms with Crippen LogP contribution < -0.4 is 5.32 Å². The summed E-state index contributed by atoms with van der Waals surface area (Å²) in [5.41, 5.74) is 0. The Hall–Kier alpha value is -1.12. The number of urea groups is 1. The van der Waals surface area contributed by atoms with E-state index in [4.69, 9.17) is 0 Å². The predicted molar refractivity (Wildman–Crippen MR) is 88.2 cm³/mol. The predicted octanol–water partition coefficient (Wildman–Crippen LogP) is 1.88. The highest BCUT2D eigenvalue weighted by Gasteiger charge is 2.30. The lowest BCUT2D eigenvalue weighted by atomic mass is 10.4. The van der Waals surface area contributed by atoms with Gasteiger partial charge >= 0.3 is 6.03 Å². The Morgan fingerprint density at radius 2 is 1.95 bits per heavy atom. The number of rotatable bonds is 4. The average molecular weight is 390 g/mol. The quantitative estimate of drug-likeness (QED) is 0.854. The van der Waals surface area contributed by atoms with E-state index in [1.54, 1.807) is 29.2 Å². The van der Waals surface area contributed by atoms with Crippen LogP contribution >= 0.6 is 15.9 Å². The molecule has 0 saturated carbocycles. The molecule has 0 aromatic heterocycles. The number of hydrogen-bond donors (Lipinski definition) is 1. The van der Waals surface area contributed by atoms with E-state index in [0.717, 1.165) is 10.9 Å². The van der Waals surface area contributed by atoms with E-state index in [-0.39, 0.29) is 10.9 Å². The summed E-state index contributed by atoms with van der Waals surface area (Å²) in [5.74, 6) is 0. The SMILES string of the molecule is CCCNC(=O)N1CCN(S(=O)(=O)c2cccc(Br)c2)CC1. The lowest BCUT2D eigenvalue weighted by Crippen LogP contribution is -2.53. The van der Waals surface area contributed by atoms with Crippen LogP contribution in [0.25, 0.3) is 0 Å². The zero-order chi connectivity index (χ0) is 16.2. The van der Waals surface area contributed by atoms with Gasteiger partial charge in [-0.1, -0.05) is 28.9 Å². The molecule has 0 spiro atoms. The van der Waals surface area contributed by atoms with E-state index in [9.17, 15) is 13.2 Å². The second-order valence-corrected chi connectivity index (χ2v) is 7.93. The van der Waals surface area contributed by atoms with E-state index in [2.05, 4.69) is 21.2 Å². The first-order valence-corrected chi connectivity index (χ1v) is 9.47. The summed E-state index contributed by atoms with van der Waals surface area (Å²) in [5, 5.41) is 2.81. The lowest BCUT2D eigenvalue weighted by Gasteiger charge is -2.34. The summed E-state index contributed by atoms with van der Waals surface area (Å²) in [6.45, 7) is 4.06. The highest BCUT2D eigenvalue weighted by molar-refractivity contribution is 9.10. The summed E-state index contributed by atoms with van der Waals surface area (Å²) in [6, 6.07) is 6.54. The zero-order valence-corrected chi connectivity index (χ0v) is 14.9. The van der Waals surface area contributed by atoms with Crippen LogP contribution in [0.3, 0.4) is 0 Å². The molecule has 2 amide bonds. The maximum absolute atomic E-state index is 12.6. The molecular formula is C14H20BrN3O3S. The van der Waals surface area contributed by atoms with Crippen LogP contribution in [0.1, 0.15) is 13.3 Å². The van der Waals surface area contributed by atoms with Crippen LogP contribution in [0.4, 0.5) is 4.79 Å². The van der Waals surface area contributed by atoms with Gasteiger partial charge in [0.25, 0.3) is 0 Å². The standard InChI is InChI=1S/C14H20BrN3O3S/c1-2-6-16-14(19)17-7-9-18(10-8-17)22(20,21)13-5-3-4-12(15)11-13/h3-5,11H,2,6-10H2,1H3,(H,16,19). The highest BCUT2D eigenvalue weighted by Crippen LogP contribution is 2.21. The molecule has 0 atom stereocenters. The first-order valence-electron chi connectivity index (χ1n) is 7.23. The van der Waals surface area contributed by atoms with Crippen LogP contribution in [0.2, 0.25) is 0 Å². The van der Waals surface area contributed by atoms with E-state index in [1.165, 1.54) is 4.31 Å². The first kappa shape index (κ1) is 17.2. The van der Waals surface area contributed by atoms with Crippen molar-refractivity contribution < 1.29 is 13.2 Å². The van der Waals surface area contributed by atoms with Crippen LogP contribution in [-0.4, -0.2) is 56.4 Å². The molecule has 0 unspecified atom stereocenters. The number of carbonyl (C=O) groups is 1. The number of amides is 2. The molecule has 8 heteroatoms. The van der Waals surface area contributed by atoms with Gasteiger partial charge in [0.05, 0.1) is 4.90 Å². The third kappa shape index (κ3) is 3.99. The van der Waals surface area contributed by atoms with Crippen molar-refractivity contribution in [3.63, 3.8) is 0 Å².